The number of hydrogen-bond donors (Lipinski definition) is 2. The Hall–Kier alpha value is -0.770. The topological polar surface area (TPSA) is 97.7 Å². The van der Waals surface area contributed by atoms with Crippen molar-refractivity contribution in [3.8, 4) is 0 Å². The summed E-state index contributed by atoms with van der Waals surface area (Å²) in [6.07, 6.45) is 3.27. The van der Waals surface area contributed by atoms with Crippen molar-refractivity contribution in [1.82, 2.24) is 4.90 Å². The predicted molar refractivity (Wildman–Crippen MR) is 117 cm³/mol. The summed E-state index contributed by atoms with van der Waals surface area (Å²) in [7, 11) is 3.65. The monoisotopic (exact) mass is 465 g/mol. The number of carbonyl (C=O) groups excluding carboxylic acids is 1. The number of methoxy groups -OCH3 is 2. The normalized spacial score (nSPS) is 56.1. The van der Waals surface area contributed by atoms with Gasteiger partial charge in [0.05, 0.1) is 18.3 Å². The third-order valence-electron chi connectivity index (χ3n) is 11.3. The second-order valence-corrected chi connectivity index (χ2v) is 11.9. The van der Waals surface area contributed by atoms with Crippen molar-refractivity contribution in [1.29, 1.82) is 0 Å². The fraction of sp³-hybridized carbons (Fsp3) is 0.960. The van der Waals surface area contributed by atoms with Crippen molar-refractivity contribution in [2.75, 3.05) is 33.9 Å². The summed E-state index contributed by atoms with van der Waals surface area (Å²) in [5.74, 6) is -0.0503. The van der Waals surface area contributed by atoms with Gasteiger partial charge in [-0.05, 0) is 44.1 Å². The summed E-state index contributed by atoms with van der Waals surface area (Å²) >= 11 is 0. The number of carbonyl (C=O) groups is 1. The second-order valence-electron chi connectivity index (χ2n) is 11.9. The van der Waals surface area contributed by atoms with Gasteiger partial charge < -0.3 is 19.3 Å². The molecule has 2 N–H and O–H groups in total. The first-order chi connectivity index (χ1) is 15.8. The van der Waals surface area contributed by atoms with Gasteiger partial charge in [0, 0.05) is 68.7 Å². The molecule has 6 rings (SSSR count). The van der Waals surface area contributed by atoms with Crippen LogP contribution in [0.5, 0.6) is 0 Å². The fourth-order valence-electron chi connectivity index (χ4n) is 10.8. The van der Waals surface area contributed by atoms with Gasteiger partial charge >= 0.3 is 5.97 Å². The van der Waals surface area contributed by atoms with Crippen molar-refractivity contribution < 1.29 is 34.3 Å². The maximum Gasteiger partial charge on any atom is 0.302 e. The molecule has 0 aromatic rings. The zero-order valence-corrected chi connectivity index (χ0v) is 20.2. The highest BCUT2D eigenvalue weighted by Gasteiger charge is 2.84. The number of nitrogens with zero attached hydrogens (tertiary/aromatic N) is 1. The van der Waals surface area contributed by atoms with Crippen molar-refractivity contribution in [3.63, 3.8) is 0 Å². The Morgan fingerprint density at radius 2 is 2.00 bits per heavy atom. The lowest BCUT2D eigenvalue weighted by atomic mass is 9.43. The van der Waals surface area contributed by atoms with Gasteiger partial charge in [-0.1, -0.05) is 6.92 Å². The number of piperidine rings is 1. The Bertz CT molecular complexity index is 825. The predicted octanol–water partition coefficient (Wildman–Crippen LogP) is 1.95. The molecule has 12 atom stereocenters. The van der Waals surface area contributed by atoms with E-state index in [0.29, 0.717) is 12.3 Å². The van der Waals surface area contributed by atoms with Crippen molar-refractivity contribution in [2.24, 2.45) is 40.4 Å². The van der Waals surface area contributed by atoms with E-state index in [4.69, 9.17) is 19.1 Å². The minimum absolute atomic E-state index is 0.0212. The Labute approximate surface area is 195 Å². The molecule has 8 nitrogen and oxygen atoms in total. The Balaban J connectivity index is 1.57. The van der Waals surface area contributed by atoms with Gasteiger partial charge in [-0.3, -0.25) is 15.0 Å². The zero-order chi connectivity index (χ0) is 23.3. The second kappa shape index (κ2) is 7.37. The smallest absolute Gasteiger partial charge is 0.302 e. The number of esters is 1. The van der Waals surface area contributed by atoms with Gasteiger partial charge in [0.15, 0.2) is 0 Å². The van der Waals surface area contributed by atoms with Gasteiger partial charge in [-0.25, -0.2) is 4.89 Å². The molecule has 8 heteroatoms. The van der Waals surface area contributed by atoms with Crippen molar-refractivity contribution in [2.45, 2.75) is 75.9 Å². The Kier molecular flexibility index (Phi) is 5.06. The standard InChI is InChI=1S/C25H39NO7/c1-5-26-11-23(12-30-3)7-6-19(31-4)25-15-8-14-17(33-29)10-24(28,16(22(25)26)9-18(23)25)20(15)21(14)32-13(2)27/h14-22,28-29H,5-12H2,1-4H3/t14-,15?,16?,17?,18?,19+,20?,21?,22?,23+,24+,25-/m1/s1. The summed E-state index contributed by atoms with van der Waals surface area (Å²) in [5, 5.41) is 22.4. The van der Waals surface area contributed by atoms with E-state index >= 15 is 0 Å². The zero-order valence-electron chi connectivity index (χ0n) is 20.2. The molecule has 6 fully saturated rings. The number of rotatable bonds is 6. The average molecular weight is 466 g/mol. The van der Waals surface area contributed by atoms with Crippen LogP contribution >= 0.6 is 0 Å². The van der Waals surface area contributed by atoms with Crippen LogP contribution in [0.25, 0.3) is 0 Å². The van der Waals surface area contributed by atoms with E-state index in [9.17, 15) is 15.2 Å². The number of ether oxygens (including phenoxy) is 3. The minimum Gasteiger partial charge on any atom is -0.462 e. The molecule has 0 aromatic carbocycles. The van der Waals surface area contributed by atoms with Gasteiger partial charge in [-0.15, -0.1) is 0 Å². The van der Waals surface area contributed by atoms with E-state index in [0.717, 1.165) is 45.4 Å². The number of aliphatic hydroxyl groups is 1. The highest BCUT2D eigenvalue weighted by atomic mass is 17.1. The van der Waals surface area contributed by atoms with Crippen LogP contribution in [0, 0.1) is 40.4 Å². The van der Waals surface area contributed by atoms with E-state index in [2.05, 4.69) is 11.8 Å². The molecule has 5 aliphatic carbocycles. The Morgan fingerprint density at radius 1 is 1.21 bits per heavy atom. The fourth-order valence-corrected chi connectivity index (χ4v) is 10.8. The van der Waals surface area contributed by atoms with Gasteiger partial charge in [0.1, 0.15) is 12.2 Å². The van der Waals surface area contributed by atoms with Gasteiger partial charge in [-0.2, -0.15) is 0 Å². The van der Waals surface area contributed by atoms with Crippen molar-refractivity contribution in [3.05, 3.63) is 0 Å². The lowest BCUT2D eigenvalue weighted by Gasteiger charge is -2.69. The first-order valence-electron chi connectivity index (χ1n) is 12.8. The quantitative estimate of drug-likeness (QED) is 0.349. The van der Waals surface area contributed by atoms with E-state index in [-0.39, 0.29) is 52.6 Å². The number of hydrogen-bond acceptors (Lipinski definition) is 8. The lowest BCUT2D eigenvalue weighted by molar-refractivity contribution is -0.327. The summed E-state index contributed by atoms with van der Waals surface area (Å²) in [4.78, 5) is 19.7. The van der Waals surface area contributed by atoms with Crippen molar-refractivity contribution >= 4 is 5.97 Å². The average Bonchev–Trinajstić information content (AvgIpc) is 3.22. The summed E-state index contributed by atoms with van der Waals surface area (Å²) < 4.78 is 18.1. The molecule has 0 amide bonds. The molecular formula is C25H39NO7. The van der Waals surface area contributed by atoms with E-state index < -0.39 is 17.8 Å². The van der Waals surface area contributed by atoms with Crippen LogP contribution in [0.2, 0.25) is 0 Å². The van der Waals surface area contributed by atoms with E-state index in [1.165, 1.54) is 6.92 Å². The molecule has 1 aliphatic heterocycles. The minimum atomic E-state index is -1.05. The maximum absolute atomic E-state index is 12.5. The molecule has 6 aliphatic rings. The lowest BCUT2D eigenvalue weighted by Crippen LogP contribution is -2.76. The van der Waals surface area contributed by atoms with E-state index in [1.54, 1.807) is 7.11 Å². The molecule has 0 aromatic heterocycles. The van der Waals surface area contributed by atoms with Crippen LogP contribution in [0.15, 0.2) is 0 Å². The third kappa shape index (κ3) is 2.50. The summed E-state index contributed by atoms with van der Waals surface area (Å²) in [6, 6.07) is 0.211. The van der Waals surface area contributed by atoms with Crippen LogP contribution in [0.4, 0.5) is 0 Å². The van der Waals surface area contributed by atoms with Crippen LogP contribution in [-0.4, -0.2) is 85.1 Å². The molecule has 1 heterocycles. The van der Waals surface area contributed by atoms with Gasteiger partial charge in [0.25, 0.3) is 0 Å². The molecule has 1 saturated heterocycles. The SMILES string of the molecule is CCN1C[C@]2(COC)CC[C@H](OC)[C@@]34C5C[C@@H]6C(OO)C[C@](O)(C(CC23)C14)C5C6OC(C)=O. The number of likely N-dealkylation sites (tertiary alicyclic amines) is 1. The first-order valence-corrected chi connectivity index (χ1v) is 12.8. The van der Waals surface area contributed by atoms with Crippen LogP contribution < -0.4 is 0 Å². The summed E-state index contributed by atoms with van der Waals surface area (Å²) in [6.45, 7) is 6.29. The van der Waals surface area contributed by atoms with E-state index in [1.807, 2.05) is 7.11 Å². The third-order valence-corrected chi connectivity index (χ3v) is 11.3. The highest BCUT2D eigenvalue weighted by Crippen LogP contribution is 2.79. The molecule has 7 bridgehead atoms. The first kappa shape index (κ1) is 22.7. The molecule has 33 heavy (non-hydrogen) atoms. The Morgan fingerprint density at radius 3 is 2.64 bits per heavy atom. The molecule has 186 valence electrons. The molecule has 7 unspecified atom stereocenters. The van der Waals surface area contributed by atoms with Crippen LogP contribution in [0.3, 0.4) is 0 Å². The number of fused-ring (bicyclic) bond motifs is 2. The molecule has 1 spiro atoms. The van der Waals surface area contributed by atoms with Gasteiger partial charge in [0.2, 0.25) is 0 Å². The molecule has 5 saturated carbocycles. The summed E-state index contributed by atoms with van der Waals surface area (Å²) in [5.41, 5.74) is -1.13. The molecule has 0 radical (unpaired) electrons. The highest BCUT2D eigenvalue weighted by molar-refractivity contribution is 5.66. The largest absolute Gasteiger partial charge is 0.462 e. The van der Waals surface area contributed by atoms with Crippen LogP contribution in [0.1, 0.15) is 46.0 Å². The maximum atomic E-state index is 12.5. The van der Waals surface area contributed by atoms with Crippen LogP contribution in [-0.2, 0) is 23.9 Å². The molecular weight excluding hydrogens is 426 g/mol.